The highest BCUT2D eigenvalue weighted by Gasteiger charge is 2.41. The van der Waals surface area contributed by atoms with Gasteiger partial charge in [0.05, 0.1) is 37.5 Å². The number of nitrogens with zero attached hydrogens (tertiary/aromatic N) is 4. The number of aromatic nitrogens is 2. The van der Waals surface area contributed by atoms with Crippen LogP contribution in [0.5, 0.6) is 11.5 Å². The number of para-hydroxylation sites is 2. The number of likely N-dealkylation sites (tertiary alicyclic amines) is 1. The molecule has 0 aliphatic carbocycles. The molecule has 5 rings (SSSR count). The number of hydrogen-bond donors (Lipinski definition) is 0. The number of methoxy groups -OCH3 is 2. The Labute approximate surface area is 181 Å². The maximum atomic E-state index is 13.4. The normalized spacial score (nSPS) is 20.6. The second-order valence-electron chi connectivity index (χ2n) is 8.17. The van der Waals surface area contributed by atoms with Gasteiger partial charge < -0.3 is 19.3 Å². The first kappa shape index (κ1) is 19.6. The molecular weight excluding hydrogens is 392 g/mol. The molecule has 160 valence electrons. The summed E-state index contributed by atoms with van der Waals surface area (Å²) in [6, 6.07) is 13.4. The average Bonchev–Trinajstić information content (AvgIpc) is 3.26. The van der Waals surface area contributed by atoms with E-state index in [0.717, 1.165) is 49.3 Å². The second kappa shape index (κ2) is 8.06. The van der Waals surface area contributed by atoms with Crippen LogP contribution in [0.1, 0.15) is 23.2 Å². The Morgan fingerprint density at radius 2 is 1.71 bits per heavy atom. The minimum atomic E-state index is 0.0242. The van der Waals surface area contributed by atoms with Gasteiger partial charge in [0.25, 0.3) is 5.91 Å². The van der Waals surface area contributed by atoms with Gasteiger partial charge in [0, 0.05) is 31.3 Å². The molecule has 0 radical (unpaired) electrons. The van der Waals surface area contributed by atoms with E-state index in [4.69, 9.17) is 14.5 Å². The van der Waals surface area contributed by atoms with Crippen molar-refractivity contribution in [3.63, 3.8) is 0 Å². The molecular formula is C24H26N4O3. The van der Waals surface area contributed by atoms with Crippen LogP contribution >= 0.6 is 0 Å². The molecule has 2 aliphatic rings. The minimum absolute atomic E-state index is 0.0242. The molecule has 7 nitrogen and oxygen atoms in total. The first-order valence-electron chi connectivity index (χ1n) is 10.7. The monoisotopic (exact) mass is 418 g/mol. The zero-order valence-electron chi connectivity index (χ0n) is 17.8. The lowest BCUT2D eigenvalue weighted by molar-refractivity contribution is 0.0711. The standard InChI is InChI=1S/C24H26N4O3/c1-30-18-11-17(12-19(13-18)31-2)24(29)28-10-8-16-7-9-27(15-22(16)28)23-14-25-20-5-3-4-6-21(20)26-23/h3-6,11-14,16,22H,7-10,15H2,1-2H3. The molecule has 2 fully saturated rings. The largest absolute Gasteiger partial charge is 0.497 e. The summed E-state index contributed by atoms with van der Waals surface area (Å²) >= 11 is 0. The molecule has 2 saturated heterocycles. The van der Waals surface area contributed by atoms with Gasteiger partial charge in [-0.15, -0.1) is 0 Å². The smallest absolute Gasteiger partial charge is 0.254 e. The molecule has 0 N–H and O–H groups in total. The number of fused-ring (bicyclic) bond motifs is 2. The van der Waals surface area contributed by atoms with Crippen LogP contribution in [0.25, 0.3) is 11.0 Å². The molecule has 2 atom stereocenters. The van der Waals surface area contributed by atoms with Gasteiger partial charge in [0.15, 0.2) is 0 Å². The second-order valence-corrected chi connectivity index (χ2v) is 8.17. The Bertz CT molecular complexity index is 1100. The van der Waals surface area contributed by atoms with Crippen LogP contribution in [0.2, 0.25) is 0 Å². The fourth-order valence-corrected chi connectivity index (χ4v) is 4.80. The van der Waals surface area contributed by atoms with Crippen molar-refractivity contribution in [2.24, 2.45) is 5.92 Å². The summed E-state index contributed by atoms with van der Waals surface area (Å²) in [6.45, 7) is 2.47. The van der Waals surface area contributed by atoms with Gasteiger partial charge in [-0.3, -0.25) is 9.78 Å². The van der Waals surface area contributed by atoms with Crippen molar-refractivity contribution >= 4 is 22.8 Å². The van der Waals surface area contributed by atoms with Crippen LogP contribution in [0.15, 0.2) is 48.7 Å². The average molecular weight is 418 g/mol. The first-order chi connectivity index (χ1) is 15.2. The Morgan fingerprint density at radius 1 is 1.00 bits per heavy atom. The predicted molar refractivity (Wildman–Crippen MR) is 119 cm³/mol. The molecule has 1 amide bonds. The molecule has 0 spiro atoms. The molecule has 7 heteroatoms. The molecule has 31 heavy (non-hydrogen) atoms. The number of ether oxygens (including phenoxy) is 2. The quantitative estimate of drug-likeness (QED) is 0.647. The molecule has 1 aromatic heterocycles. The van der Waals surface area contributed by atoms with E-state index in [1.807, 2.05) is 35.4 Å². The third-order valence-corrected chi connectivity index (χ3v) is 6.48. The van der Waals surface area contributed by atoms with Gasteiger partial charge in [-0.2, -0.15) is 0 Å². The van der Waals surface area contributed by atoms with Crippen molar-refractivity contribution in [1.82, 2.24) is 14.9 Å². The van der Waals surface area contributed by atoms with Crippen LogP contribution in [0.3, 0.4) is 0 Å². The van der Waals surface area contributed by atoms with Gasteiger partial charge in [-0.1, -0.05) is 12.1 Å². The molecule has 2 aromatic carbocycles. The number of piperidine rings is 1. The summed E-state index contributed by atoms with van der Waals surface area (Å²) in [4.78, 5) is 27.1. The lowest BCUT2D eigenvalue weighted by Crippen LogP contribution is -2.50. The number of rotatable bonds is 4. The zero-order valence-corrected chi connectivity index (χ0v) is 17.8. The fourth-order valence-electron chi connectivity index (χ4n) is 4.80. The Kier molecular flexibility index (Phi) is 5.10. The first-order valence-corrected chi connectivity index (χ1v) is 10.7. The molecule has 0 saturated carbocycles. The third kappa shape index (κ3) is 3.65. The van der Waals surface area contributed by atoms with Crippen LogP contribution in [0.4, 0.5) is 5.82 Å². The van der Waals surface area contributed by atoms with Gasteiger partial charge in [0.2, 0.25) is 0 Å². The van der Waals surface area contributed by atoms with Gasteiger partial charge in [-0.05, 0) is 43.0 Å². The summed E-state index contributed by atoms with van der Waals surface area (Å²) in [5, 5.41) is 0. The summed E-state index contributed by atoms with van der Waals surface area (Å²) in [5.41, 5.74) is 2.38. The maximum absolute atomic E-state index is 13.4. The molecule has 3 aromatic rings. The highest BCUT2D eigenvalue weighted by molar-refractivity contribution is 5.95. The van der Waals surface area contributed by atoms with Crippen molar-refractivity contribution in [1.29, 1.82) is 0 Å². The highest BCUT2D eigenvalue weighted by atomic mass is 16.5. The summed E-state index contributed by atoms with van der Waals surface area (Å²) in [7, 11) is 3.19. The van der Waals surface area contributed by atoms with Crippen molar-refractivity contribution in [3.8, 4) is 11.5 Å². The topological polar surface area (TPSA) is 67.8 Å². The van der Waals surface area contributed by atoms with Crippen LogP contribution in [-0.2, 0) is 0 Å². The lowest BCUT2D eigenvalue weighted by Gasteiger charge is -2.39. The van der Waals surface area contributed by atoms with E-state index >= 15 is 0 Å². The minimum Gasteiger partial charge on any atom is -0.497 e. The summed E-state index contributed by atoms with van der Waals surface area (Å²) in [6.07, 6.45) is 3.93. The van der Waals surface area contributed by atoms with Crippen LogP contribution in [0, 0.1) is 5.92 Å². The predicted octanol–water partition coefficient (Wildman–Crippen LogP) is 3.39. The number of anilines is 1. The van der Waals surface area contributed by atoms with Crippen molar-refractivity contribution in [3.05, 3.63) is 54.2 Å². The summed E-state index contributed by atoms with van der Waals surface area (Å²) < 4.78 is 10.7. The SMILES string of the molecule is COc1cc(OC)cc(C(=O)N2CCC3CCN(c4cnc5ccccc5n4)CC32)c1. The molecule has 3 heterocycles. The number of carbonyl (C=O) groups is 1. The van der Waals surface area contributed by atoms with Crippen LogP contribution in [-0.4, -0.2) is 60.7 Å². The third-order valence-electron chi connectivity index (χ3n) is 6.48. The lowest BCUT2D eigenvalue weighted by atomic mass is 9.92. The number of carbonyl (C=O) groups excluding carboxylic acids is 1. The Hall–Kier alpha value is -3.35. The van der Waals surface area contributed by atoms with Gasteiger partial charge >= 0.3 is 0 Å². The Balaban J connectivity index is 1.39. The van der Waals surface area contributed by atoms with E-state index in [0.29, 0.717) is 23.0 Å². The van der Waals surface area contributed by atoms with E-state index in [-0.39, 0.29) is 11.9 Å². The van der Waals surface area contributed by atoms with Crippen LogP contribution < -0.4 is 14.4 Å². The maximum Gasteiger partial charge on any atom is 0.254 e. The van der Waals surface area contributed by atoms with E-state index in [2.05, 4.69) is 9.88 Å². The molecule has 2 aliphatic heterocycles. The summed E-state index contributed by atoms with van der Waals surface area (Å²) in [5.74, 6) is 2.65. The highest BCUT2D eigenvalue weighted by Crippen LogP contribution is 2.35. The Morgan fingerprint density at radius 3 is 2.45 bits per heavy atom. The van der Waals surface area contributed by atoms with Gasteiger partial charge in [-0.25, -0.2) is 4.98 Å². The molecule has 0 bridgehead atoms. The van der Waals surface area contributed by atoms with Gasteiger partial charge in [0.1, 0.15) is 17.3 Å². The van der Waals surface area contributed by atoms with Crippen molar-refractivity contribution < 1.29 is 14.3 Å². The number of amides is 1. The van der Waals surface area contributed by atoms with E-state index < -0.39 is 0 Å². The molecule has 2 unspecified atom stereocenters. The van der Waals surface area contributed by atoms with E-state index in [9.17, 15) is 4.79 Å². The van der Waals surface area contributed by atoms with Crippen molar-refractivity contribution in [2.75, 3.05) is 38.8 Å². The number of hydrogen-bond acceptors (Lipinski definition) is 6. The van der Waals surface area contributed by atoms with E-state index in [1.165, 1.54) is 0 Å². The number of benzene rings is 2. The zero-order chi connectivity index (χ0) is 21.4. The fraction of sp³-hybridized carbons (Fsp3) is 0.375. The van der Waals surface area contributed by atoms with Crippen molar-refractivity contribution in [2.45, 2.75) is 18.9 Å². The van der Waals surface area contributed by atoms with E-state index in [1.54, 1.807) is 32.4 Å².